The normalized spacial score (nSPS) is 10.5. The summed E-state index contributed by atoms with van der Waals surface area (Å²) in [5.74, 6) is -0.487. The van der Waals surface area contributed by atoms with Gasteiger partial charge in [-0.05, 0) is 25.1 Å². The Bertz CT molecular complexity index is 935. The number of hydrogen-bond donors (Lipinski definition) is 1. The Morgan fingerprint density at radius 1 is 1.28 bits per heavy atom. The number of amides is 1. The fraction of sp³-hybridized carbons (Fsp3) is 0.176. The molecule has 8 nitrogen and oxygen atoms in total. The van der Waals surface area contributed by atoms with Crippen molar-refractivity contribution in [1.29, 1.82) is 0 Å². The van der Waals surface area contributed by atoms with E-state index in [9.17, 15) is 9.59 Å². The van der Waals surface area contributed by atoms with Gasteiger partial charge < -0.3 is 14.8 Å². The van der Waals surface area contributed by atoms with Gasteiger partial charge in [0, 0.05) is 24.1 Å². The lowest BCUT2D eigenvalue weighted by molar-refractivity contribution is -0.119. The predicted octanol–water partition coefficient (Wildman–Crippen LogP) is 1.84. The van der Waals surface area contributed by atoms with Crippen LogP contribution in [-0.2, 0) is 9.53 Å². The lowest BCUT2D eigenvalue weighted by Gasteiger charge is -2.07. The first-order valence-corrected chi connectivity index (χ1v) is 7.49. The number of aromatic nitrogens is 3. The van der Waals surface area contributed by atoms with Gasteiger partial charge in [0.25, 0.3) is 5.91 Å². The van der Waals surface area contributed by atoms with E-state index in [1.807, 2.05) is 0 Å². The van der Waals surface area contributed by atoms with Crippen LogP contribution in [-0.4, -0.2) is 40.2 Å². The zero-order valence-electron chi connectivity index (χ0n) is 13.7. The first-order chi connectivity index (χ1) is 12.1. The molecule has 0 saturated carbocycles. The average molecular weight is 340 g/mol. The van der Waals surface area contributed by atoms with Gasteiger partial charge in [-0.25, -0.2) is 14.3 Å². The van der Waals surface area contributed by atoms with E-state index < -0.39 is 18.5 Å². The van der Waals surface area contributed by atoms with E-state index in [-0.39, 0.29) is 5.56 Å². The summed E-state index contributed by atoms with van der Waals surface area (Å²) >= 11 is 0. The molecule has 0 bridgehead atoms. The van der Waals surface area contributed by atoms with Gasteiger partial charge in [0.15, 0.2) is 12.3 Å². The first-order valence-electron chi connectivity index (χ1n) is 7.49. The summed E-state index contributed by atoms with van der Waals surface area (Å²) in [5.41, 5.74) is 1.67. The van der Waals surface area contributed by atoms with Crippen LogP contribution in [0.1, 0.15) is 16.1 Å². The SMILES string of the molecule is COc1cccc(NC(=O)COC(=O)c2c(C)nn3cccnc23)c1. The Morgan fingerprint density at radius 2 is 2.12 bits per heavy atom. The molecule has 25 heavy (non-hydrogen) atoms. The molecule has 3 aromatic rings. The molecular weight excluding hydrogens is 324 g/mol. The van der Waals surface area contributed by atoms with Gasteiger partial charge in [0.05, 0.1) is 12.8 Å². The van der Waals surface area contributed by atoms with Crippen molar-refractivity contribution in [3.8, 4) is 5.75 Å². The van der Waals surface area contributed by atoms with Crippen molar-refractivity contribution in [3.05, 3.63) is 54.0 Å². The fourth-order valence-corrected chi connectivity index (χ4v) is 2.34. The van der Waals surface area contributed by atoms with Gasteiger partial charge in [-0.3, -0.25) is 4.79 Å². The van der Waals surface area contributed by atoms with E-state index in [2.05, 4.69) is 15.4 Å². The van der Waals surface area contributed by atoms with Crippen molar-refractivity contribution in [2.45, 2.75) is 6.92 Å². The van der Waals surface area contributed by atoms with Crippen LogP contribution in [0.25, 0.3) is 5.65 Å². The molecule has 0 radical (unpaired) electrons. The zero-order valence-corrected chi connectivity index (χ0v) is 13.7. The number of anilines is 1. The Labute approximate surface area is 143 Å². The second-order valence-electron chi connectivity index (χ2n) is 5.20. The van der Waals surface area contributed by atoms with Crippen molar-refractivity contribution >= 4 is 23.2 Å². The predicted molar refractivity (Wildman–Crippen MR) is 89.6 cm³/mol. The lowest BCUT2D eigenvalue weighted by Crippen LogP contribution is -2.21. The second-order valence-corrected chi connectivity index (χ2v) is 5.20. The monoisotopic (exact) mass is 340 g/mol. The van der Waals surface area contributed by atoms with E-state index in [1.54, 1.807) is 49.6 Å². The van der Waals surface area contributed by atoms with E-state index in [0.29, 0.717) is 22.8 Å². The largest absolute Gasteiger partial charge is 0.497 e. The van der Waals surface area contributed by atoms with Crippen molar-refractivity contribution in [1.82, 2.24) is 14.6 Å². The number of fused-ring (bicyclic) bond motifs is 1. The van der Waals surface area contributed by atoms with E-state index in [0.717, 1.165) is 0 Å². The minimum Gasteiger partial charge on any atom is -0.497 e. The molecule has 1 N–H and O–H groups in total. The third kappa shape index (κ3) is 3.57. The van der Waals surface area contributed by atoms with Crippen LogP contribution < -0.4 is 10.1 Å². The number of hydrogen-bond acceptors (Lipinski definition) is 6. The van der Waals surface area contributed by atoms with Gasteiger partial charge in [-0.2, -0.15) is 5.10 Å². The molecule has 2 aromatic heterocycles. The zero-order chi connectivity index (χ0) is 17.8. The summed E-state index contributed by atoms with van der Waals surface area (Å²) in [4.78, 5) is 28.4. The van der Waals surface area contributed by atoms with Crippen LogP contribution in [0.15, 0.2) is 42.7 Å². The minimum absolute atomic E-state index is 0.245. The van der Waals surface area contributed by atoms with Gasteiger partial charge in [0.1, 0.15) is 11.3 Å². The van der Waals surface area contributed by atoms with E-state index in [1.165, 1.54) is 11.6 Å². The molecule has 0 aliphatic heterocycles. The first kappa shape index (κ1) is 16.4. The van der Waals surface area contributed by atoms with Gasteiger partial charge in [0.2, 0.25) is 0 Å². The maximum absolute atomic E-state index is 12.3. The summed E-state index contributed by atoms with van der Waals surface area (Å²) in [6.07, 6.45) is 3.24. The number of nitrogens with one attached hydrogen (secondary N) is 1. The molecule has 8 heteroatoms. The molecule has 1 aromatic carbocycles. The number of carbonyl (C=O) groups excluding carboxylic acids is 2. The quantitative estimate of drug-likeness (QED) is 0.712. The highest BCUT2D eigenvalue weighted by Crippen LogP contribution is 2.17. The van der Waals surface area contributed by atoms with E-state index in [4.69, 9.17) is 9.47 Å². The highest BCUT2D eigenvalue weighted by Gasteiger charge is 2.20. The number of carbonyl (C=O) groups is 2. The number of nitrogens with zero attached hydrogens (tertiary/aromatic N) is 3. The molecule has 0 aliphatic rings. The Kier molecular flexibility index (Phi) is 4.60. The molecule has 1 amide bonds. The highest BCUT2D eigenvalue weighted by molar-refractivity contribution is 5.99. The number of methoxy groups -OCH3 is 1. The maximum Gasteiger partial charge on any atom is 0.344 e. The second kappa shape index (κ2) is 7.00. The third-order valence-electron chi connectivity index (χ3n) is 3.46. The molecule has 0 unspecified atom stereocenters. The summed E-state index contributed by atoms with van der Waals surface area (Å²) in [6.45, 7) is 1.27. The summed E-state index contributed by atoms with van der Waals surface area (Å²) < 4.78 is 11.7. The molecule has 0 fully saturated rings. The molecule has 3 rings (SSSR count). The Balaban J connectivity index is 1.65. The van der Waals surface area contributed by atoms with Crippen LogP contribution in [0.3, 0.4) is 0 Å². The standard InChI is InChI=1S/C17H16N4O4/c1-11-15(16-18-7-4-8-21(16)20-11)17(23)25-10-14(22)19-12-5-3-6-13(9-12)24-2/h3-9H,10H2,1-2H3,(H,19,22). The van der Waals surface area contributed by atoms with Crippen LogP contribution in [0.5, 0.6) is 5.75 Å². The number of rotatable bonds is 5. The minimum atomic E-state index is -0.646. The van der Waals surface area contributed by atoms with Crippen LogP contribution in [0, 0.1) is 6.92 Å². The number of benzene rings is 1. The molecule has 2 heterocycles. The average Bonchev–Trinajstić information content (AvgIpc) is 2.95. The Morgan fingerprint density at radius 3 is 2.92 bits per heavy atom. The summed E-state index contributed by atoms with van der Waals surface area (Å²) in [6, 6.07) is 8.59. The van der Waals surface area contributed by atoms with E-state index >= 15 is 0 Å². The number of esters is 1. The molecule has 0 spiro atoms. The summed E-state index contributed by atoms with van der Waals surface area (Å²) in [5, 5.41) is 6.82. The molecule has 0 atom stereocenters. The van der Waals surface area contributed by atoms with Gasteiger partial charge in [-0.15, -0.1) is 0 Å². The molecule has 128 valence electrons. The smallest absolute Gasteiger partial charge is 0.344 e. The van der Waals surface area contributed by atoms with Crippen molar-refractivity contribution in [2.24, 2.45) is 0 Å². The molecule has 0 saturated heterocycles. The fourth-order valence-electron chi connectivity index (χ4n) is 2.34. The maximum atomic E-state index is 12.3. The van der Waals surface area contributed by atoms with Crippen LogP contribution in [0.4, 0.5) is 5.69 Å². The highest BCUT2D eigenvalue weighted by atomic mass is 16.5. The molecule has 0 aliphatic carbocycles. The van der Waals surface area contributed by atoms with Gasteiger partial charge >= 0.3 is 5.97 Å². The number of ether oxygens (including phenoxy) is 2. The Hall–Kier alpha value is -3.42. The van der Waals surface area contributed by atoms with Crippen molar-refractivity contribution < 1.29 is 19.1 Å². The van der Waals surface area contributed by atoms with Gasteiger partial charge in [-0.1, -0.05) is 6.07 Å². The van der Waals surface area contributed by atoms with Crippen molar-refractivity contribution in [2.75, 3.05) is 19.0 Å². The topological polar surface area (TPSA) is 94.8 Å². The summed E-state index contributed by atoms with van der Waals surface area (Å²) in [7, 11) is 1.54. The number of aryl methyl sites for hydroxylation is 1. The van der Waals surface area contributed by atoms with Crippen LogP contribution in [0.2, 0.25) is 0 Å². The van der Waals surface area contributed by atoms with Crippen LogP contribution >= 0.6 is 0 Å². The van der Waals surface area contributed by atoms with Crippen molar-refractivity contribution in [3.63, 3.8) is 0 Å². The lowest BCUT2D eigenvalue weighted by atomic mass is 10.2. The third-order valence-corrected chi connectivity index (χ3v) is 3.46. The molecular formula is C17H16N4O4.